The van der Waals surface area contributed by atoms with Gasteiger partial charge in [-0.05, 0) is 43.0 Å². The lowest BCUT2D eigenvalue weighted by Gasteiger charge is -2.31. The summed E-state index contributed by atoms with van der Waals surface area (Å²) in [5, 5.41) is 4.02. The molecule has 0 aliphatic carbocycles. The minimum atomic E-state index is 0.144. The summed E-state index contributed by atoms with van der Waals surface area (Å²) >= 11 is 0. The number of aryl methyl sites for hydroxylation is 1. The lowest BCUT2D eigenvalue weighted by molar-refractivity contribution is -0.132. The molecular weight excluding hydrogens is 370 g/mol. The van der Waals surface area contributed by atoms with Crippen molar-refractivity contribution >= 4 is 5.91 Å². The van der Waals surface area contributed by atoms with Crippen LogP contribution in [0.15, 0.2) is 41.2 Å². The number of aromatic nitrogens is 4. The van der Waals surface area contributed by atoms with Gasteiger partial charge in [0.05, 0.1) is 7.11 Å². The number of hydrogen-bond donors (Lipinski definition) is 1. The van der Waals surface area contributed by atoms with Gasteiger partial charge < -0.3 is 19.1 Å². The predicted octanol–water partition coefficient (Wildman–Crippen LogP) is 2.88. The maximum atomic E-state index is 12.5. The number of hydrogen-bond acceptors (Lipinski definition) is 6. The highest BCUT2D eigenvalue weighted by atomic mass is 16.5. The van der Waals surface area contributed by atoms with Crippen molar-refractivity contribution in [2.75, 3.05) is 20.2 Å². The topological polar surface area (TPSA) is 97.1 Å². The van der Waals surface area contributed by atoms with Gasteiger partial charge in [0.2, 0.25) is 17.6 Å². The van der Waals surface area contributed by atoms with Crippen LogP contribution in [-0.4, -0.2) is 51.1 Å². The summed E-state index contributed by atoms with van der Waals surface area (Å²) < 4.78 is 10.5. The van der Waals surface area contributed by atoms with Crippen LogP contribution in [0.2, 0.25) is 0 Å². The van der Waals surface area contributed by atoms with Gasteiger partial charge in [-0.2, -0.15) is 4.98 Å². The summed E-state index contributed by atoms with van der Waals surface area (Å²) in [5.74, 6) is 3.53. The number of H-pyrrole nitrogens is 1. The fraction of sp³-hybridized carbons (Fsp3) is 0.429. The van der Waals surface area contributed by atoms with Crippen LogP contribution in [0.1, 0.15) is 31.0 Å². The van der Waals surface area contributed by atoms with Crippen LogP contribution in [0.4, 0.5) is 0 Å². The largest absolute Gasteiger partial charge is 0.497 e. The van der Waals surface area contributed by atoms with Crippen molar-refractivity contribution in [3.63, 3.8) is 0 Å². The van der Waals surface area contributed by atoms with Crippen molar-refractivity contribution in [1.82, 2.24) is 25.0 Å². The highest BCUT2D eigenvalue weighted by molar-refractivity contribution is 5.76. The van der Waals surface area contributed by atoms with E-state index in [0.717, 1.165) is 49.5 Å². The molecule has 0 bridgehead atoms. The fourth-order valence-corrected chi connectivity index (χ4v) is 3.66. The van der Waals surface area contributed by atoms with Gasteiger partial charge in [0.15, 0.2) is 0 Å². The van der Waals surface area contributed by atoms with E-state index in [9.17, 15) is 4.79 Å². The van der Waals surface area contributed by atoms with E-state index in [-0.39, 0.29) is 5.91 Å². The van der Waals surface area contributed by atoms with E-state index in [1.54, 1.807) is 13.3 Å². The molecule has 29 heavy (non-hydrogen) atoms. The lowest BCUT2D eigenvalue weighted by Crippen LogP contribution is -2.39. The Morgan fingerprint density at radius 1 is 1.28 bits per heavy atom. The smallest absolute Gasteiger partial charge is 0.227 e. The number of likely N-dealkylation sites (tertiary alicyclic amines) is 1. The molecule has 0 saturated carbocycles. The second-order valence-electron chi connectivity index (χ2n) is 7.30. The summed E-state index contributed by atoms with van der Waals surface area (Å²) in [4.78, 5) is 26.3. The first kappa shape index (κ1) is 19.2. The molecule has 3 heterocycles. The third kappa shape index (κ3) is 4.82. The monoisotopic (exact) mass is 395 g/mol. The molecule has 8 nitrogen and oxygen atoms in total. The van der Waals surface area contributed by atoms with Crippen LogP contribution in [-0.2, 0) is 17.6 Å². The van der Waals surface area contributed by atoms with Crippen LogP contribution < -0.4 is 4.74 Å². The van der Waals surface area contributed by atoms with Gasteiger partial charge in [-0.15, -0.1) is 0 Å². The molecule has 0 spiro atoms. The van der Waals surface area contributed by atoms with Crippen LogP contribution in [0, 0.1) is 5.92 Å². The Bertz CT molecular complexity index is 912. The molecule has 0 unspecified atom stereocenters. The van der Waals surface area contributed by atoms with Crippen LogP contribution in [0.3, 0.4) is 0 Å². The summed E-state index contributed by atoms with van der Waals surface area (Å²) in [5.41, 5.74) is 0.853. The number of methoxy groups -OCH3 is 1. The number of rotatable bonds is 7. The van der Waals surface area contributed by atoms with Gasteiger partial charge in [-0.1, -0.05) is 5.16 Å². The van der Waals surface area contributed by atoms with E-state index in [1.165, 1.54) is 0 Å². The molecule has 1 N–H and O–H groups in total. The molecular formula is C21H25N5O3. The number of piperidine rings is 1. The van der Waals surface area contributed by atoms with Gasteiger partial charge in [-0.3, -0.25) is 4.79 Å². The highest BCUT2D eigenvalue weighted by Gasteiger charge is 2.23. The molecule has 0 radical (unpaired) electrons. The summed E-state index contributed by atoms with van der Waals surface area (Å²) in [6.45, 7) is 1.59. The number of carbonyl (C=O) groups excluding carboxylic acids is 1. The maximum Gasteiger partial charge on any atom is 0.227 e. The van der Waals surface area contributed by atoms with Gasteiger partial charge in [0.25, 0.3) is 0 Å². The van der Waals surface area contributed by atoms with Crippen molar-refractivity contribution < 1.29 is 14.1 Å². The van der Waals surface area contributed by atoms with E-state index in [0.29, 0.717) is 30.5 Å². The summed E-state index contributed by atoms with van der Waals surface area (Å²) in [6.07, 6.45) is 7.44. The molecule has 0 atom stereocenters. The van der Waals surface area contributed by atoms with Crippen molar-refractivity contribution in [3.8, 4) is 17.1 Å². The van der Waals surface area contributed by atoms with E-state index < -0.39 is 0 Å². The highest BCUT2D eigenvalue weighted by Crippen LogP contribution is 2.22. The second-order valence-corrected chi connectivity index (χ2v) is 7.30. The van der Waals surface area contributed by atoms with Gasteiger partial charge in [0.1, 0.15) is 11.6 Å². The first-order valence-electron chi connectivity index (χ1n) is 9.94. The van der Waals surface area contributed by atoms with E-state index >= 15 is 0 Å². The van der Waals surface area contributed by atoms with Crippen molar-refractivity contribution in [3.05, 3.63) is 48.4 Å². The van der Waals surface area contributed by atoms with E-state index in [1.807, 2.05) is 35.4 Å². The normalized spacial score (nSPS) is 14.9. The number of ether oxygens (including phenoxy) is 1. The number of nitrogens with zero attached hydrogens (tertiary/aromatic N) is 4. The molecule has 1 amide bonds. The lowest BCUT2D eigenvalue weighted by atomic mass is 9.93. The number of amides is 1. The van der Waals surface area contributed by atoms with Gasteiger partial charge >= 0.3 is 0 Å². The molecule has 3 aromatic rings. The maximum absolute atomic E-state index is 12.5. The Hall–Kier alpha value is -3.16. The zero-order valence-corrected chi connectivity index (χ0v) is 16.5. The average molecular weight is 395 g/mol. The molecule has 1 aliphatic heterocycles. The zero-order chi connectivity index (χ0) is 20.1. The Labute approximate surface area is 169 Å². The number of carbonyl (C=O) groups is 1. The summed E-state index contributed by atoms with van der Waals surface area (Å²) in [7, 11) is 1.63. The van der Waals surface area contributed by atoms with Crippen molar-refractivity contribution in [2.24, 2.45) is 5.92 Å². The third-order valence-electron chi connectivity index (χ3n) is 5.37. The molecule has 1 aliphatic rings. The average Bonchev–Trinajstić information content (AvgIpc) is 3.45. The van der Waals surface area contributed by atoms with E-state index in [2.05, 4.69) is 20.1 Å². The van der Waals surface area contributed by atoms with Crippen LogP contribution in [0.25, 0.3) is 11.4 Å². The first-order chi connectivity index (χ1) is 14.2. The molecule has 152 valence electrons. The quantitative estimate of drug-likeness (QED) is 0.661. The molecule has 8 heteroatoms. The molecule has 1 aromatic carbocycles. The number of nitrogens with one attached hydrogen (secondary N) is 1. The second kappa shape index (κ2) is 8.89. The Morgan fingerprint density at radius 3 is 2.76 bits per heavy atom. The molecule has 1 saturated heterocycles. The van der Waals surface area contributed by atoms with Crippen LogP contribution in [0.5, 0.6) is 5.75 Å². The van der Waals surface area contributed by atoms with Gasteiger partial charge in [0, 0.05) is 50.3 Å². The Kier molecular flexibility index (Phi) is 5.88. The number of benzene rings is 1. The molecule has 1 fully saturated rings. The van der Waals surface area contributed by atoms with Crippen molar-refractivity contribution in [2.45, 2.75) is 32.1 Å². The fourth-order valence-electron chi connectivity index (χ4n) is 3.66. The standard InChI is InChI=1S/C21H25N5O3/c1-28-17-4-2-16(3-5-17)21-24-19(29-25-21)6-7-20(27)26-12-8-15(9-13-26)14-18-22-10-11-23-18/h2-5,10-11,15H,6-9,12-14H2,1H3,(H,22,23). The summed E-state index contributed by atoms with van der Waals surface area (Å²) in [6, 6.07) is 7.46. The Morgan fingerprint density at radius 2 is 2.07 bits per heavy atom. The third-order valence-corrected chi connectivity index (χ3v) is 5.37. The Balaban J connectivity index is 1.24. The van der Waals surface area contributed by atoms with Gasteiger partial charge in [-0.25, -0.2) is 4.98 Å². The predicted molar refractivity (Wildman–Crippen MR) is 106 cm³/mol. The SMILES string of the molecule is COc1ccc(-c2noc(CCC(=O)N3CCC(Cc4ncc[nH]4)CC3)n2)cc1. The number of imidazole rings is 1. The minimum absolute atomic E-state index is 0.144. The molecule has 2 aromatic heterocycles. The van der Waals surface area contributed by atoms with E-state index in [4.69, 9.17) is 9.26 Å². The minimum Gasteiger partial charge on any atom is -0.497 e. The zero-order valence-electron chi connectivity index (χ0n) is 16.5. The van der Waals surface area contributed by atoms with Crippen molar-refractivity contribution in [1.29, 1.82) is 0 Å². The van der Waals surface area contributed by atoms with Crippen LogP contribution >= 0.6 is 0 Å². The molecule has 4 rings (SSSR count). The first-order valence-corrected chi connectivity index (χ1v) is 9.94. The number of aromatic amines is 1.